The van der Waals surface area contributed by atoms with Crippen LogP contribution in [0.2, 0.25) is 0 Å². The predicted octanol–water partition coefficient (Wildman–Crippen LogP) is 0.913. The number of nitrogens with zero attached hydrogens (tertiary/aromatic N) is 1. The number of rotatable bonds is 8. The molecule has 0 radical (unpaired) electrons. The number of piperazine rings is 1. The van der Waals surface area contributed by atoms with E-state index in [0.29, 0.717) is 32.6 Å². The van der Waals surface area contributed by atoms with Crippen molar-refractivity contribution in [2.45, 2.75) is 38.9 Å². The second-order valence-electron chi connectivity index (χ2n) is 6.35. The Balaban J connectivity index is 0.00000576. The minimum atomic E-state index is -4.39. The number of amides is 2. The van der Waals surface area contributed by atoms with Gasteiger partial charge in [0.25, 0.3) is 0 Å². The van der Waals surface area contributed by atoms with Gasteiger partial charge in [0.2, 0.25) is 11.8 Å². The van der Waals surface area contributed by atoms with Crippen molar-refractivity contribution < 1.29 is 22.8 Å². The highest BCUT2D eigenvalue weighted by atomic mass is 35.5. The average molecular weight is 389 g/mol. The average Bonchev–Trinajstić information content (AvgIpc) is 2.46. The molecule has 0 spiro atoms. The highest BCUT2D eigenvalue weighted by molar-refractivity contribution is 5.85. The third-order valence-corrected chi connectivity index (χ3v) is 3.73. The van der Waals surface area contributed by atoms with Gasteiger partial charge in [-0.3, -0.25) is 14.5 Å². The Hall–Kier alpha value is -1.06. The summed E-state index contributed by atoms with van der Waals surface area (Å²) in [6.45, 7) is 5.06. The fraction of sp³-hybridized carbons (Fsp3) is 0.867. The largest absolute Gasteiger partial charge is 0.405 e. The predicted molar refractivity (Wildman–Crippen MR) is 91.6 cm³/mol. The van der Waals surface area contributed by atoms with E-state index in [1.807, 2.05) is 13.8 Å². The number of carbonyl (C=O) groups excluding carboxylic acids is 2. The summed E-state index contributed by atoms with van der Waals surface area (Å²) in [7, 11) is 0. The Bertz CT molecular complexity index is 416. The third kappa shape index (κ3) is 9.86. The lowest BCUT2D eigenvalue weighted by Crippen LogP contribution is -2.57. The van der Waals surface area contributed by atoms with E-state index < -0.39 is 24.7 Å². The zero-order valence-corrected chi connectivity index (χ0v) is 15.4. The second kappa shape index (κ2) is 11.5. The van der Waals surface area contributed by atoms with Gasteiger partial charge in [0, 0.05) is 52.1 Å². The molecule has 1 rings (SSSR count). The molecule has 0 aromatic rings. The van der Waals surface area contributed by atoms with Crippen LogP contribution in [0.3, 0.4) is 0 Å². The Morgan fingerprint density at radius 3 is 2.24 bits per heavy atom. The van der Waals surface area contributed by atoms with Crippen LogP contribution in [0.5, 0.6) is 0 Å². The summed E-state index contributed by atoms with van der Waals surface area (Å²) in [5.74, 6) is -0.443. The molecular formula is C15H28ClF3N4O2. The summed E-state index contributed by atoms with van der Waals surface area (Å²) in [5, 5.41) is 7.92. The van der Waals surface area contributed by atoms with Gasteiger partial charge in [0.05, 0.1) is 0 Å². The van der Waals surface area contributed by atoms with Crippen LogP contribution in [0, 0.1) is 5.92 Å². The highest BCUT2D eigenvalue weighted by Gasteiger charge is 2.43. The van der Waals surface area contributed by atoms with Gasteiger partial charge >= 0.3 is 6.18 Å². The first-order valence-corrected chi connectivity index (χ1v) is 8.25. The summed E-state index contributed by atoms with van der Waals surface area (Å²) >= 11 is 0. The Kier molecular flexibility index (Phi) is 11.0. The zero-order valence-electron chi connectivity index (χ0n) is 14.6. The fourth-order valence-electron chi connectivity index (χ4n) is 2.50. The molecule has 10 heteroatoms. The Morgan fingerprint density at radius 2 is 1.72 bits per heavy atom. The van der Waals surface area contributed by atoms with Crippen molar-refractivity contribution in [3.05, 3.63) is 0 Å². The number of nitrogens with one attached hydrogen (secondary N) is 3. The van der Waals surface area contributed by atoms with Gasteiger partial charge in [-0.25, -0.2) is 0 Å². The molecule has 1 fully saturated rings. The molecule has 0 aromatic carbocycles. The summed E-state index contributed by atoms with van der Waals surface area (Å²) < 4.78 is 39.5. The topological polar surface area (TPSA) is 73.5 Å². The molecule has 1 atom stereocenters. The van der Waals surface area contributed by atoms with E-state index in [-0.39, 0.29) is 37.2 Å². The number of carbonyl (C=O) groups is 2. The van der Waals surface area contributed by atoms with E-state index in [4.69, 9.17) is 0 Å². The molecule has 1 unspecified atom stereocenters. The molecule has 1 aliphatic rings. The quantitative estimate of drug-likeness (QED) is 0.578. The van der Waals surface area contributed by atoms with Crippen LogP contribution in [0.4, 0.5) is 13.2 Å². The Morgan fingerprint density at radius 1 is 1.12 bits per heavy atom. The fourth-order valence-corrected chi connectivity index (χ4v) is 2.50. The molecule has 2 amide bonds. The molecule has 3 N–H and O–H groups in total. The number of hydrogen-bond acceptors (Lipinski definition) is 4. The minimum absolute atomic E-state index is 0. The molecule has 0 saturated carbocycles. The molecule has 6 nitrogen and oxygen atoms in total. The second-order valence-corrected chi connectivity index (χ2v) is 6.35. The van der Waals surface area contributed by atoms with Crippen molar-refractivity contribution in [1.29, 1.82) is 0 Å². The summed E-state index contributed by atoms with van der Waals surface area (Å²) in [5.41, 5.74) is 0. The normalized spacial score (nSPS) is 16.9. The van der Waals surface area contributed by atoms with Crippen molar-refractivity contribution >= 4 is 24.2 Å². The van der Waals surface area contributed by atoms with E-state index in [9.17, 15) is 22.8 Å². The van der Waals surface area contributed by atoms with Crippen molar-refractivity contribution in [1.82, 2.24) is 20.9 Å². The molecule has 1 saturated heterocycles. The van der Waals surface area contributed by atoms with Crippen LogP contribution >= 0.6 is 12.4 Å². The number of alkyl halides is 3. The highest BCUT2D eigenvalue weighted by Crippen LogP contribution is 2.24. The first kappa shape index (κ1) is 23.9. The lowest BCUT2D eigenvalue weighted by molar-refractivity contribution is -0.184. The van der Waals surface area contributed by atoms with Crippen LogP contribution < -0.4 is 16.0 Å². The summed E-state index contributed by atoms with van der Waals surface area (Å²) in [6.07, 6.45) is -4.06. The first-order chi connectivity index (χ1) is 11.2. The smallest absolute Gasteiger partial charge is 0.356 e. The molecule has 1 aliphatic heterocycles. The lowest BCUT2D eigenvalue weighted by Gasteiger charge is -2.35. The van der Waals surface area contributed by atoms with Gasteiger partial charge in [-0.1, -0.05) is 13.8 Å². The minimum Gasteiger partial charge on any atom is -0.356 e. The van der Waals surface area contributed by atoms with Crippen LogP contribution in [-0.2, 0) is 9.59 Å². The van der Waals surface area contributed by atoms with Crippen LogP contribution in [0.1, 0.15) is 26.7 Å². The van der Waals surface area contributed by atoms with E-state index in [1.54, 1.807) is 0 Å². The lowest BCUT2D eigenvalue weighted by atomic mass is 10.1. The van der Waals surface area contributed by atoms with Gasteiger partial charge in [-0.15, -0.1) is 12.4 Å². The summed E-state index contributed by atoms with van der Waals surface area (Å²) in [4.78, 5) is 24.5. The molecule has 0 aliphatic carbocycles. The summed E-state index contributed by atoms with van der Waals surface area (Å²) in [6, 6.07) is -1.68. The molecule has 25 heavy (non-hydrogen) atoms. The maximum Gasteiger partial charge on any atom is 0.405 e. The van der Waals surface area contributed by atoms with Crippen molar-refractivity contribution in [3.8, 4) is 0 Å². The van der Waals surface area contributed by atoms with Crippen LogP contribution in [0.15, 0.2) is 0 Å². The van der Waals surface area contributed by atoms with Gasteiger partial charge in [-0.2, -0.15) is 13.2 Å². The van der Waals surface area contributed by atoms with Gasteiger partial charge < -0.3 is 16.0 Å². The van der Waals surface area contributed by atoms with E-state index in [0.717, 1.165) is 0 Å². The molecule has 0 bridgehead atoms. The molecule has 1 heterocycles. The van der Waals surface area contributed by atoms with E-state index in [2.05, 4.69) is 16.0 Å². The maximum atomic E-state index is 13.2. The molecular weight excluding hydrogens is 361 g/mol. The van der Waals surface area contributed by atoms with Crippen LogP contribution in [-0.4, -0.2) is 68.2 Å². The van der Waals surface area contributed by atoms with E-state index >= 15 is 0 Å². The standard InChI is InChI=1S/C15H27F3N4O2.ClH/c1-11(2)9-14(24)20-4-3-13(23)21-10-12(15(16,17)18)22-7-5-19-6-8-22;/h11-12,19H,3-10H2,1-2H3,(H,20,24)(H,21,23);1H. The SMILES string of the molecule is CC(C)CC(=O)NCCC(=O)NCC(N1CCNCC1)C(F)(F)F.Cl. The monoisotopic (exact) mass is 388 g/mol. The number of hydrogen-bond donors (Lipinski definition) is 3. The number of halogens is 4. The van der Waals surface area contributed by atoms with Gasteiger partial charge in [-0.05, 0) is 5.92 Å². The third-order valence-electron chi connectivity index (χ3n) is 3.73. The maximum absolute atomic E-state index is 13.2. The molecule has 148 valence electrons. The van der Waals surface area contributed by atoms with Crippen molar-refractivity contribution in [3.63, 3.8) is 0 Å². The van der Waals surface area contributed by atoms with E-state index in [1.165, 1.54) is 4.90 Å². The van der Waals surface area contributed by atoms with Crippen molar-refractivity contribution in [2.24, 2.45) is 5.92 Å². The zero-order chi connectivity index (χ0) is 18.2. The van der Waals surface area contributed by atoms with Crippen LogP contribution in [0.25, 0.3) is 0 Å². The molecule has 0 aromatic heterocycles. The Labute approximate surface area is 152 Å². The van der Waals surface area contributed by atoms with Crippen molar-refractivity contribution in [2.75, 3.05) is 39.3 Å². The van der Waals surface area contributed by atoms with Gasteiger partial charge in [0.15, 0.2) is 0 Å². The first-order valence-electron chi connectivity index (χ1n) is 8.25. The van der Waals surface area contributed by atoms with Gasteiger partial charge in [0.1, 0.15) is 6.04 Å².